The molecule has 2 aromatic heterocycles. The minimum atomic E-state index is -0.00886. The molecule has 0 aliphatic heterocycles. The van der Waals surface area contributed by atoms with E-state index in [0.717, 1.165) is 28.5 Å². The van der Waals surface area contributed by atoms with E-state index in [1.54, 1.807) is 6.20 Å². The van der Waals surface area contributed by atoms with Gasteiger partial charge in [0.25, 0.3) is 0 Å². The molecule has 106 valence electrons. The van der Waals surface area contributed by atoms with Gasteiger partial charge in [-0.2, -0.15) is 0 Å². The number of nitrogen functional groups attached to an aromatic ring is 1. The number of aryl methyl sites for hydroxylation is 1. The molecule has 4 nitrogen and oxygen atoms in total. The third-order valence-corrected chi connectivity index (χ3v) is 3.83. The Hall–Kier alpha value is -1.84. The van der Waals surface area contributed by atoms with E-state index >= 15 is 0 Å². The number of anilines is 1. The lowest BCUT2D eigenvalue weighted by atomic mass is 9.95. The van der Waals surface area contributed by atoms with Gasteiger partial charge in [-0.1, -0.05) is 20.8 Å². The molecule has 1 fully saturated rings. The Morgan fingerprint density at radius 1 is 1.30 bits per heavy atom. The molecule has 0 atom stereocenters. The predicted octanol–water partition coefficient (Wildman–Crippen LogP) is 3.47. The van der Waals surface area contributed by atoms with Crippen LogP contribution in [0.25, 0.3) is 11.3 Å². The van der Waals surface area contributed by atoms with Crippen molar-refractivity contribution in [2.24, 2.45) is 0 Å². The summed E-state index contributed by atoms with van der Waals surface area (Å²) in [5, 5.41) is 0. The zero-order valence-corrected chi connectivity index (χ0v) is 12.6. The van der Waals surface area contributed by atoms with E-state index < -0.39 is 0 Å². The number of hydrogen-bond acceptors (Lipinski definition) is 3. The van der Waals surface area contributed by atoms with E-state index in [4.69, 9.17) is 10.7 Å². The maximum atomic E-state index is 6.42. The van der Waals surface area contributed by atoms with Crippen LogP contribution in [-0.2, 0) is 5.41 Å². The first kappa shape index (κ1) is 13.2. The molecule has 1 aliphatic carbocycles. The van der Waals surface area contributed by atoms with Crippen LogP contribution in [0.15, 0.2) is 18.5 Å². The number of rotatable bonds is 2. The fourth-order valence-electron chi connectivity index (χ4n) is 2.59. The molecular formula is C16H22N4. The molecule has 4 heteroatoms. The van der Waals surface area contributed by atoms with Crippen LogP contribution in [0.1, 0.15) is 51.0 Å². The monoisotopic (exact) mass is 270 g/mol. The van der Waals surface area contributed by atoms with Crippen LogP contribution in [-0.4, -0.2) is 14.5 Å². The van der Waals surface area contributed by atoms with Crippen molar-refractivity contribution < 1.29 is 0 Å². The zero-order chi connectivity index (χ0) is 14.5. The van der Waals surface area contributed by atoms with Crippen LogP contribution >= 0.6 is 0 Å². The second-order valence-electron chi connectivity index (χ2n) is 6.71. The Morgan fingerprint density at radius 2 is 2.00 bits per heavy atom. The first-order chi connectivity index (χ1) is 9.39. The number of nitrogens with two attached hydrogens (primary N) is 1. The van der Waals surface area contributed by atoms with Crippen LogP contribution in [0, 0.1) is 6.92 Å². The highest BCUT2D eigenvalue weighted by Crippen LogP contribution is 2.43. The number of nitrogens with zero attached hydrogens (tertiary/aromatic N) is 3. The minimum Gasteiger partial charge on any atom is -0.383 e. The van der Waals surface area contributed by atoms with Crippen LogP contribution < -0.4 is 5.73 Å². The molecule has 0 amide bonds. The van der Waals surface area contributed by atoms with Crippen molar-refractivity contribution in [3.63, 3.8) is 0 Å². The first-order valence-electron chi connectivity index (χ1n) is 7.18. The lowest BCUT2D eigenvalue weighted by molar-refractivity contribution is 0.504. The van der Waals surface area contributed by atoms with Crippen molar-refractivity contribution in [3.05, 3.63) is 29.8 Å². The molecular weight excluding hydrogens is 248 g/mol. The van der Waals surface area contributed by atoms with E-state index in [0.29, 0.717) is 6.04 Å². The number of hydrogen-bond donors (Lipinski definition) is 1. The average molecular weight is 270 g/mol. The first-order valence-corrected chi connectivity index (χ1v) is 7.18. The maximum Gasteiger partial charge on any atom is 0.132 e. The molecule has 0 saturated heterocycles. The standard InChI is InChI=1S/C16H22N4/c1-10-7-8-18-9-12(10)13-14(17)20(11-5-6-11)15(19-13)16(2,3)4/h7-9,11H,5-6,17H2,1-4H3. The lowest BCUT2D eigenvalue weighted by Crippen LogP contribution is -2.19. The third kappa shape index (κ3) is 2.09. The van der Waals surface area contributed by atoms with Gasteiger partial charge < -0.3 is 10.3 Å². The molecule has 1 aliphatic rings. The zero-order valence-electron chi connectivity index (χ0n) is 12.6. The van der Waals surface area contributed by atoms with Crippen molar-refractivity contribution in [2.75, 3.05) is 5.73 Å². The van der Waals surface area contributed by atoms with E-state index in [-0.39, 0.29) is 5.41 Å². The van der Waals surface area contributed by atoms with E-state index in [2.05, 4.69) is 37.2 Å². The Kier molecular flexibility index (Phi) is 2.85. The highest BCUT2D eigenvalue weighted by Gasteiger charge is 2.34. The Labute approximate surface area is 120 Å². The van der Waals surface area contributed by atoms with Crippen LogP contribution in [0.4, 0.5) is 5.82 Å². The van der Waals surface area contributed by atoms with Crippen LogP contribution in [0.5, 0.6) is 0 Å². The van der Waals surface area contributed by atoms with Crippen molar-refractivity contribution in [2.45, 2.75) is 52.0 Å². The summed E-state index contributed by atoms with van der Waals surface area (Å²) in [5.74, 6) is 1.87. The summed E-state index contributed by atoms with van der Waals surface area (Å²) < 4.78 is 2.24. The second-order valence-corrected chi connectivity index (χ2v) is 6.71. The fourth-order valence-corrected chi connectivity index (χ4v) is 2.59. The summed E-state index contributed by atoms with van der Waals surface area (Å²) in [5.41, 5.74) is 9.49. The molecule has 20 heavy (non-hydrogen) atoms. The summed E-state index contributed by atoms with van der Waals surface area (Å²) in [4.78, 5) is 9.09. The second kappa shape index (κ2) is 4.33. The average Bonchev–Trinajstić information content (AvgIpc) is 3.13. The molecule has 2 N–H and O–H groups in total. The van der Waals surface area contributed by atoms with Gasteiger partial charge in [-0.15, -0.1) is 0 Å². The van der Waals surface area contributed by atoms with Gasteiger partial charge in [-0.25, -0.2) is 4.98 Å². The van der Waals surface area contributed by atoms with E-state index in [9.17, 15) is 0 Å². The van der Waals surface area contributed by atoms with Gasteiger partial charge in [0.1, 0.15) is 17.3 Å². The Morgan fingerprint density at radius 3 is 2.55 bits per heavy atom. The lowest BCUT2D eigenvalue weighted by Gasteiger charge is -2.20. The normalized spacial score (nSPS) is 15.6. The molecule has 3 rings (SSSR count). The molecule has 0 aromatic carbocycles. The number of imidazole rings is 1. The topological polar surface area (TPSA) is 56.7 Å². The van der Waals surface area contributed by atoms with Gasteiger partial charge >= 0.3 is 0 Å². The highest BCUT2D eigenvalue weighted by atomic mass is 15.2. The quantitative estimate of drug-likeness (QED) is 0.909. The Balaban J connectivity index is 2.21. The largest absolute Gasteiger partial charge is 0.383 e. The molecule has 2 aromatic rings. The van der Waals surface area contributed by atoms with Gasteiger partial charge in [0.15, 0.2) is 0 Å². The van der Waals surface area contributed by atoms with Gasteiger partial charge in [0, 0.05) is 29.4 Å². The van der Waals surface area contributed by atoms with Crippen LogP contribution in [0.2, 0.25) is 0 Å². The van der Waals surface area contributed by atoms with E-state index in [1.807, 2.05) is 12.3 Å². The van der Waals surface area contributed by atoms with Gasteiger partial charge in [-0.3, -0.25) is 4.98 Å². The summed E-state index contributed by atoms with van der Waals surface area (Å²) in [6, 6.07) is 2.53. The molecule has 2 heterocycles. The SMILES string of the molecule is Cc1ccncc1-c1nc(C(C)(C)C)n(C2CC2)c1N. The van der Waals surface area contributed by atoms with Crippen molar-refractivity contribution in [1.29, 1.82) is 0 Å². The molecule has 0 radical (unpaired) electrons. The van der Waals surface area contributed by atoms with Gasteiger partial charge in [0.05, 0.1) is 0 Å². The molecule has 0 spiro atoms. The molecule has 0 bridgehead atoms. The van der Waals surface area contributed by atoms with E-state index in [1.165, 1.54) is 12.8 Å². The summed E-state index contributed by atoms with van der Waals surface area (Å²) in [6.45, 7) is 8.64. The van der Waals surface area contributed by atoms with Gasteiger partial charge in [-0.05, 0) is 31.4 Å². The number of aromatic nitrogens is 3. The summed E-state index contributed by atoms with van der Waals surface area (Å²) in [7, 11) is 0. The van der Waals surface area contributed by atoms with Gasteiger partial charge in [0.2, 0.25) is 0 Å². The van der Waals surface area contributed by atoms with Crippen molar-refractivity contribution in [3.8, 4) is 11.3 Å². The summed E-state index contributed by atoms with van der Waals surface area (Å²) in [6.07, 6.45) is 6.07. The van der Waals surface area contributed by atoms with Crippen molar-refractivity contribution in [1.82, 2.24) is 14.5 Å². The third-order valence-electron chi connectivity index (χ3n) is 3.83. The Bertz CT molecular complexity index is 645. The highest BCUT2D eigenvalue weighted by molar-refractivity contribution is 5.73. The smallest absolute Gasteiger partial charge is 0.132 e. The van der Waals surface area contributed by atoms with Crippen molar-refractivity contribution >= 4 is 5.82 Å². The molecule has 0 unspecified atom stereocenters. The fraction of sp³-hybridized carbons (Fsp3) is 0.500. The predicted molar refractivity (Wildman–Crippen MR) is 81.6 cm³/mol. The summed E-state index contributed by atoms with van der Waals surface area (Å²) >= 11 is 0. The maximum absolute atomic E-state index is 6.42. The molecule has 1 saturated carbocycles. The minimum absolute atomic E-state index is 0.00886. The number of pyridine rings is 1. The van der Waals surface area contributed by atoms with Crippen LogP contribution in [0.3, 0.4) is 0 Å².